The number of pyridine rings is 1. The molecule has 0 spiro atoms. The minimum atomic E-state index is -4.58. The maximum atomic E-state index is 13.6. The summed E-state index contributed by atoms with van der Waals surface area (Å²) in [7, 11) is 0. The van der Waals surface area contributed by atoms with E-state index in [1.807, 2.05) is 54.6 Å². The summed E-state index contributed by atoms with van der Waals surface area (Å²) < 4.78 is 39.8. The first-order chi connectivity index (χ1) is 17.8. The molecule has 5 rings (SSSR count). The number of halogens is 3. The van der Waals surface area contributed by atoms with Gasteiger partial charge in [-0.05, 0) is 24.3 Å². The number of nitrogens with zero attached hydrogens (tertiary/aromatic N) is 3. The monoisotopic (exact) mass is 504 g/mol. The summed E-state index contributed by atoms with van der Waals surface area (Å²) in [5.41, 5.74) is 1.59. The van der Waals surface area contributed by atoms with Crippen LogP contribution in [0, 0.1) is 0 Å². The molecule has 1 saturated heterocycles. The number of nitrogens with one attached hydrogen (secondary N) is 1. The molecule has 0 saturated carbocycles. The van der Waals surface area contributed by atoms with Crippen LogP contribution in [-0.4, -0.2) is 52.9 Å². The molecule has 4 aromatic rings. The average Bonchev–Trinajstić information content (AvgIpc) is 2.92. The SMILES string of the molecule is O=C(Nc1ccccc1C(F)(F)F)N1CCN(C(=O)c2cc(-c3ccccc3)nc3ccccc23)CC1. The molecule has 3 aromatic carbocycles. The Morgan fingerprint density at radius 2 is 1.41 bits per heavy atom. The zero-order valence-corrected chi connectivity index (χ0v) is 19.7. The normalized spacial score (nSPS) is 14.0. The highest BCUT2D eigenvalue weighted by atomic mass is 19.4. The van der Waals surface area contributed by atoms with E-state index in [0.717, 1.165) is 17.0 Å². The molecule has 188 valence electrons. The minimum absolute atomic E-state index is 0.182. The van der Waals surface area contributed by atoms with Gasteiger partial charge in [0.2, 0.25) is 0 Å². The van der Waals surface area contributed by atoms with E-state index in [9.17, 15) is 22.8 Å². The lowest BCUT2D eigenvalue weighted by Gasteiger charge is -2.35. The Morgan fingerprint density at radius 1 is 0.784 bits per heavy atom. The largest absolute Gasteiger partial charge is 0.418 e. The fraction of sp³-hybridized carbons (Fsp3) is 0.179. The highest BCUT2D eigenvalue weighted by Crippen LogP contribution is 2.34. The Balaban J connectivity index is 1.32. The van der Waals surface area contributed by atoms with E-state index < -0.39 is 17.8 Å². The van der Waals surface area contributed by atoms with Crippen molar-refractivity contribution in [2.45, 2.75) is 6.18 Å². The fourth-order valence-corrected chi connectivity index (χ4v) is 4.43. The molecule has 0 unspecified atom stereocenters. The second-order valence-corrected chi connectivity index (χ2v) is 8.69. The molecular formula is C28H23F3N4O2. The number of fused-ring (bicyclic) bond motifs is 1. The first kappa shape index (κ1) is 24.3. The number of carbonyl (C=O) groups excluding carboxylic acids is 2. The molecule has 2 heterocycles. The third kappa shape index (κ3) is 5.11. The lowest BCUT2D eigenvalue weighted by Crippen LogP contribution is -2.51. The van der Waals surface area contributed by atoms with Gasteiger partial charge in [-0.25, -0.2) is 9.78 Å². The summed E-state index contributed by atoms with van der Waals surface area (Å²) in [5.74, 6) is -0.182. The predicted octanol–water partition coefficient (Wildman–Crippen LogP) is 5.91. The van der Waals surface area contributed by atoms with E-state index in [1.54, 1.807) is 11.0 Å². The summed E-state index contributed by atoms with van der Waals surface area (Å²) in [6, 6.07) is 23.0. The molecule has 0 aliphatic carbocycles. The summed E-state index contributed by atoms with van der Waals surface area (Å²) in [4.78, 5) is 34.1. The van der Waals surface area contributed by atoms with Crippen LogP contribution in [0.25, 0.3) is 22.2 Å². The van der Waals surface area contributed by atoms with E-state index in [4.69, 9.17) is 4.98 Å². The number of carbonyl (C=O) groups is 2. The number of amides is 3. The van der Waals surface area contributed by atoms with Gasteiger partial charge >= 0.3 is 12.2 Å². The number of aromatic nitrogens is 1. The molecule has 1 aliphatic rings. The van der Waals surface area contributed by atoms with Crippen molar-refractivity contribution in [2.24, 2.45) is 0 Å². The van der Waals surface area contributed by atoms with Crippen molar-refractivity contribution in [3.8, 4) is 11.3 Å². The molecule has 0 bridgehead atoms. The summed E-state index contributed by atoms with van der Waals surface area (Å²) in [6.07, 6.45) is -4.58. The maximum absolute atomic E-state index is 13.6. The lowest BCUT2D eigenvalue weighted by atomic mass is 10.0. The quantitative estimate of drug-likeness (QED) is 0.377. The van der Waals surface area contributed by atoms with Crippen LogP contribution in [0.2, 0.25) is 0 Å². The van der Waals surface area contributed by atoms with Crippen LogP contribution in [0.1, 0.15) is 15.9 Å². The molecule has 1 aliphatic heterocycles. The highest BCUT2D eigenvalue weighted by molar-refractivity contribution is 6.07. The van der Waals surface area contributed by atoms with Crippen molar-refractivity contribution >= 4 is 28.5 Å². The molecule has 0 atom stereocenters. The van der Waals surface area contributed by atoms with Crippen molar-refractivity contribution in [2.75, 3.05) is 31.5 Å². The van der Waals surface area contributed by atoms with Crippen LogP contribution in [0.4, 0.5) is 23.7 Å². The number of alkyl halides is 3. The molecule has 6 nitrogen and oxygen atoms in total. The fourth-order valence-electron chi connectivity index (χ4n) is 4.43. The average molecular weight is 505 g/mol. The third-order valence-corrected chi connectivity index (χ3v) is 6.34. The van der Waals surface area contributed by atoms with Gasteiger partial charge in [0.15, 0.2) is 0 Å². The first-order valence-electron chi connectivity index (χ1n) is 11.8. The second kappa shape index (κ2) is 9.93. The summed E-state index contributed by atoms with van der Waals surface area (Å²) in [6.45, 7) is 0.898. The van der Waals surface area contributed by atoms with E-state index >= 15 is 0 Å². The number of urea groups is 1. The van der Waals surface area contributed by atoms with Crippen molar-refractivity contribution in [1.29, 1.82) is 0 Å². The van der Waals surface area contributed by atoms with Crippen LogP contribution >= 0.6 is 0 Å². The van der Waals surface area contributed by atoms with Gasteiger partial charge in [-0.15, -0.1) is 0 Å². The van der Waals surface area contributed by atoms with Gasteiger partial charge in [-0.2, -0.15) is 13.2 Å². The minimum Gasteiger partial charge on any atom is -0.335 e. The van der Waals surface area contributed by atoms with E-state index in [0.29, 0.717) is 16.8 Å². The predicted molar refractivity (Wildman–Crippen MR) is 135 cm³/mol. The molecule has 1 N–H and O–H groups in total. The maximum Gasteiger partial charge on any atom is 0.418 e. The topological polar surface area (TPSA) is 65.5 Å². The van der Waals surface area contributed by atoms with Crippen LogP contribution in [0.3, 0.4) is 0 Å². The molecule has 37 heavy (non-hydrogen) atoms. The van der Waals surface area contributed by atoms with Crippen molar-refractivity contribution in [3.05, 3.63) is 96.1 Å². The van der Waals surface area contributed by atoms with Crippen molar-refractivity contribution in [1.82, 2.24) is 14.8 Å². The summed E-state index contributed by atoms with van der Waals surface area (Å²) in [5, 5.41) is 3.10. The van der Waals surface area contributed by atoms with E-state index in [1.165, 1.54) is 23.1 Å². The second-order valence-electron chi connectivity index (χ2n) is 8.69. The number of para-hydroxylation sites is 2. The standard InChI is InChI=1S/C28H23F3N4O2/c29-28(30,31)22-11-5-7-13-24(22)33-27(37)35-16-14-34(15-17-35)26(36)21-18-25(19-8-2-1-3-9-19)32-23-12-6-4-10-20(21)23/h1-13,18H,14-17H2,(H,33,37). The smallest absolute Gasteiger partial charge is 0.335 e. The Kier molecular flexibility index (Phi) is 6.52. The molecule has 0 radical (unpaired) electrons. The van der Waals surface area contributed by atoms with Gasteiger partial charge in [0.25, 0.3) is 5.91 Å². The van der Waals surface area contributed by atoms with E-state index in [2.05, 4.69) is 5.32 Å². The van der Waals surface area contributed by atoms with Gasteiger partial charge < -0.3 is 15.1 Å². The van der Waals surface area contributed by atoms with Gasteiger partial charge in [0, 0.05) is 37.1 Å². The Bertz CT molecular complexity index is 1450. The van der Waals surface area contributed by atoms with Crippen LogP contribution in [-0.2, 0) is 6.18 Å². The van der Waals surface area contributed by atoms with Gasteiger partial charge in [0.05, 0.1) is 28.0 Å². The van der Waals surface area contributed by atoms with Crippen LogP contribution in [0.15, 0.2) is 84.9 Å². The lowest BCUT2D eigenvalue weighted by molar-refractivity contribution is -0.136. The number of benzene rings is 3. The first-order valence-corrected chi connectivity index (χ1v) is 11.8. The zero-order chi connectivity index (χ0) is 26.0. The van der Waals surface area contributed by atoms with Crippen LogP contribution in [0.5, 0.6) is 0 Å². The Morgan fingerprint density at radius 3 is 2.14 bits per heavy atom. The molecule has 3 amide bonds. The number of piperazine rings is 1. The van der Waals surface area contributed by atoms with E-state index in [-0.39, 0.29) is 37.8 Å². The number of anilines is 1. The molecule has 1 aromatic heterocycles. The molecule has 9 heteroatoms. The highest BCUT2D eigenvalue weighted by Gasteiger charge is 2.34. The van der Waals surface area contributed by atoms with Crippen molar-refractivity contribution < 1.29 is 22.8 Å². The van der Waals surface area contributed by atoms with Gasteiger partial charge in [-0.3, -0.25) is 4.79 Å². The number of rotatable bonds is 3. The van der Waals surface area contributed by atoms with Gasteiger partial charge in [0.1, 0.15) is 0 Å². The number of hydrogen-bond donors (Lipinski definition) is 1. The number of hydrogen-bond acceptors (Lipinski definition) is 3. The summed E-state index contributed by atoms with van der Waals surface area (Å²) >= 11 is 0. The van der Waals surface area contributed by atoms with Crippen LogP contribution < -0.4 is 5.32 Å². The molecule has 1 fully saturated rings. The van der Waals surface area contributed by atoms with Crippen molar-refractivity contribution in [3.63, 3.8) is 0 Å². The Hall–Kier alpha value is -4.40. The van der Waals surface area contributed by atoms with Gasteiger partial charge in [-0.1, -0.05) is 60.7 Å². The Labute approximate surface area is 211 Å². The zero-order valence-electron chi connectivity index (χ0n) is 19.7. The third-order valence-electron chi connectivity index (χ3n) is 6.34. The molecular weight excluding hydrogens is 481 g/mol.